The minimum Gasteiger partial charge on any atom is -0.382 e. The number of nitrogens with one attached hydrogen (secondary N) is 3. The number of hydrogen-bond donors (Lipinski definition) is 3. The summed E-state index contributed by atoms with van der Waals surface area (Å²) in [7, 11) is 0. The highest BCUT2D eigenvalue weighted by Gasteiger charge is 2.03. The molecule has 0 aliphatic rings. The van der Waals surface area contributed by atoms with Gasteiger partial charge < -0.3 is 25.4 Å². The zero-order chi connectivity index (χ0) is 26.3. The number of halogens is 2. The van der Waals surface area contributed by atoms with Crippen LogP contribution in [0.3, 0.4) is 0 Å². The van der Waals surface area contributed by atoms with Crippen molar-refractivity contribution in [3.05, 3.63) is 71.0 Å². The lowest BCUT2D eigenvalue weighted by molar-refractivity contribution is 0.130. The van der Waals surface area contributed by atoms with E-state index in [-0.39, 0.29) is 0 Å². The van der Waals surface area contributed by atoms with Crippen LogP contribution < -0.4 is 16.0 Å². The van der Waals surface area contributed by atoms with Gasteiger partial charge in [-0.25, -0.2) is 0 Å². The molecule has 2 aromatic heterocycles. The van der Waals surface area contributed by atoms with Crippen molar-refractivity contribution in [2.45, 2.75) is 13.8 Å². The number of pyridine rings is 2. The molecule has 0 aliphatic carbocycles. The first-order valence-corrected chi connectivity index (χ1v) is 13.4. The lowest BCUT2D eigenvalue weighted by atomic mass is 10.2. The summed E-state index contributed by atoms with van der Waals surface area (Å²) in [5, 5.41) is 13.6. The maximum Gasteiger partial charge on any atom is 0.0737 e. The number of hydrogen-bond acceptors (Lipinski definition) is 7. The number of benzene rings is 2. The van der Waals surface area contributed by atoms with Crippen molar-refractivity contribution in [3.8, 4) is 0 Å². The number of anilines is 2. The first-order valence-electron chi connectivity index (χ1n) is 12.6. The fraction of sp³-hybridized carbons (Fsp3) is 0.357. The highest BCUT2D eigenvalue weighted by molar-refractivity contribution is 6.31. The average molecular weight is 545 g/mol. The van der Waals surface area contributed by atoms with Gasteiger partial charge in [0, 0.05) is 70.8 Å². The van der Waals surface area contributed by atoms with Crippen LogP contribution in [0, 0.1) is 0 Å². The van der Waals surface area contributed by atoms with Crippen molar-refractivity contribution in [2.75, 3.05) is 63.2 Å². The predicted molar refractivity (Wildman–Crippen MR) is 156 cm³/mol. The van der Waals surface area contributed by atoms with E-state index in [1.807, 2.05) is 62.4 Å². The summed E-state index contributed by atoms with van der Waals surface area (Å²) in [6.07, 6.45) is 3.56. The lowest BCUT2D eigenvalue weighted by Crippen LogP contribution is -2.25. The molecule has 0 atom stereocenters. The van der Waals surface area contributed by atoms with E-state index in [1.54, 1.807) is 12.4 Å². The minimum atomic E-state index is 0.622. The molecule has 4 aromatic rings. The van der Waals surface area contributed by atoms with Crippen molar-refractivity contribution in [2.24, 2.45) is 0 Å². The highest BCUT2D eigenvalue weighted by Crippen LogP contribution is 2.25. The van der Waals surface area contributed by atoms with Crippen LogP contribution in [0.25, 0.3) is 21.8 Å². The van der Waals surface area contributed by atoms with Crippen LogP contribution in [0.5, 0.6) is 0 Å². The average Bonchev–Trinajstić information content (AvgIpc) is 2.92. The smallest absolute Gasteiger partial charge is 0.0737 e. The molecular weight excluding hydrogens is 509 g/mol. The van der Waals surface area contributed by atoms with Gasteiger partial charge in [-0.2, -0.15) is 0 Å². The standard InChI is InChI=1S/C26H29Cl2N5O2.C2H6/c27-19-1-3-21-23(5-7-30-25(21)17-19)32-11-15-34-13-9-29-10-14-35-16-12-33-24-6-8-31-26-18-20(28)2-4-22(24)26;1-2/h1-8,17-18,29H,9-16H2,(H,30,32)(H,31,33);1-2H3. The molecule has 0 radical (unpaired) electrons. The second kappa shape index (κ2) is 16.2. The predicted octanol–water partition coefficient (Wildman–Crippen LogP) is 6.26. The van der Waals surface area contributed by atoms with Crippen LogP contribution in [0.4, 0.5) is 11.4 Å². The van der Waals surface area contributed by atoms with Crippen LogP contribution in [0.2, 0.25) is 10.0 Å². The second-order valence-electron chi connectivity index (χ2n) is 7.87. The molecule has 3 N–H and O–H groups in total. The topological polar surface area (TPSA) is 80.3 Å². The maximum atomic E-state index is 6.04. The third kappa shape index (κ3) is 9.29. The largest absolute Gasteiger partial charge is 0.382 e. The summed E-state index contributed by atoms with van der Waals surface area (Å²) in [5.41, 5.74) is 3.81. The normalized spacial score (nSPS) is 10.8. The molecule has 198 valence electrons. The van der Waals surface area contributed by atoms with Gasteiger partial charge in [0.2, 0.25) is 0 Å². The first kappa shape index (κ1) is 28.9. The molecule has 0 amide bonds. The Kier molecular flexibility index (Phi) is 12.7. The molecule has 2 aromatic carbocycles. The third-order valence-electron chi connectivity index (χ3n) is 5.38. The summed E-state index contributed by atoms with van der Waals surface area (Å²) < 4.78 is 11.4. The molecule has 0 aliphatic heterocycles. The van der Waals surface area contributed by atoms with Gasteiger partial charge in [-0.15, -0.1) is 0 Å². The summed E-state index contributed by atoms with van der Waals surface area (Å²) in [6.45, 7) is 9.54. The van der Waals surface area contributed by atoms with E-state index < -0.39 is 0 Å². The number of aromatic nitrogens is 2. The summed E-state index contributed by atoms with van der Waals surface area (Å²) in [4.78, 5) is 8.71. The SMILES string of the molecule is CC.Clc1ccc2c(NCCOCCNCCOCCNc3ccnc4cc(Cl)ccc34)ccnc2c1. The molecule has 0 bridgehead atoms. The van der Waals surface area contributed by atoms with Crippen LogP contribution in [-0.4, -0.2) is 62.6 Å². The Labute approximate surface area is 228 Å². The van der Waals surface area contributed by atoms with Crippen LogP contribution >= 0.6 is 23.2 Å². The Bertz CT molecular complexity index is 1150. The second-order valence-corrected chi connectivity index (χ2v) is 8.74. The molecule has 0 unspecified atom stereocenters. The maximum absolute atomic E-state index is 6.04. The molecule has 0 fully saturated rings. The molecule has 9 heteroatoms. The summed E-state index contributed by atoms with van der Waals surface area (Å²) in [6, 6.07) is 15.4. The molecular formula is C28H35Cl2N5O2. The zero-order valence-corrected chi connectivity index (χ0v) is 22.9. The highest BCUT2D eigenvalue weighted by atomic mass is 35.5. The van der Waals surface area contributed by atoms with E-state index in [0.717, 1.165) is 59.4 Å². The molecule has 0 spiro atoms. The Morgan fingerprint density at radius 2 is 1.05 bits per heavy atom. The first-order chi connectivity index (χ1) is 18.2. The summed E-state index contributed by atoms with van der Waals surface area (Å²) in [5.74, 6) is 0. The third-order valence-corrected chi connectivity index (χ3v) is 5.85. The van der Waals surface area contributed by atoms with Gasteiger partial charge in [-0.1, -0.05) is 37.0 Å². The van der Waals surface area contributed by atoms with Gasteiger partial charge in [0.05, 0.1) is 37.5 Å². The molecule has 2 heterocycles. The van der Waals surface area contributed by atoms with E-state index >= 15 is 0 Å². The Hall–Kier alpha value is -2.68. The molecule has 0 saturated heterocycles. The minimum absolute atomic E-state index is 0.622. The number of rotatable bonds is 14. The monoisotopic (exact) mass is 543 g/mol. The molecule has 37 heavy (non-hydrogen) atoms. The Morgan fingerprint density at radius 3 is 1.51 bits per heavy atom. The van der Waals surface area contributed by atoms with Gasteiger partial charge in [0.1, 0.15) is 0 Å². The number of nitrogens with zero attached hydrogens (tertiary/aromatic N) is 2. The summed E-state index contributed by atoms with van der Waals surface area (Å²) >= 11 is 12.1. The van der Waals surface area contributed by atoms with Crippen molar-refractivity contribution in [1.82, 2.24) is 15.3 Å². The fourth-order valence-electron chi connectivity index (χ4n) is 3.68. The van der Waals surface area contributed by atoms with E-state index in [1.165, 1.54) is 0 Å². The zero-order valence-electron chi connectivity index (χ0n) is 21.4. The Morgan fingerprint density at radius 1 is 0.622 bits per heavy atom. The van der Waals surface area contributed by atoms with Gasteiger partial charge >= 0.3 is 0 Å². The number of ether oxygens (including phenoxy) is 2. The Balaban J connectivity index is 0.00000186. The van der Waals surface area contributed by atoms with Crippen molar-refractivity contribution < 1.29 is 9.47 Å². The van der Waals surface area contributed by atoms with Gasteiger partial charge in [0.15, 0.2) is 0 Å². The van der Waals surface area contributed by atoms with Crippen LogP contribution in [0.15, 0.2) is 60.9 Å². The molecule has 0 saturated carbocycles. The molecule has 7 nitrogen and oxygen atoms in total. The van der Waals surface area contributed by atoms with E-state index in [4.69, 9.17) is 32.7 Å². The van der Waals surface area contributed by atoms with Crippen molar-refractivity contribution in [1.29, 1.82) is 0 Å². The lowest BCUT2D eigenvalue weighted by Gasteiger charge is -2.11. The van der Waals surface area contributed by atoms with Gasteiger partial charge in [-0.05, 0) is 48.5 Å². The van der Waals surface area contributed by atoms with Crippen LogP contribution in [-0.2, 0) is 9.47 Å². The quantitative estimate of drug-likeness (QED) is 0.162. The van der Waals surface area contributed by atoms with Crippen LogP contribution in [0.1, 0.15) is 13.8 Å². The fourth-order valence-corrected chi connectivity index (χ4v) is 4.02. The number of fused-ring (bicyclic) bond motifs is 2. The van der Waals surface area contributed by atoms with Gasteiger partial charge in [-0.3, -0.25) is 9.97 Å². The van der Waals surface area contributed by atoms with Crippen molar-refractivity contribution in [3.63, 3.8) is 0 Å². The van der Waals surface area contributed by atoms with E-state index in [9.17, 15) is 0 Å². The van der Waals surface area contributed by atoms with E-state index in [2.05, 4.69) is 25.9 Å². The van der Waals surface area contributed by atoms with Crippen molar-refractivity contribution >= 4 is 56.4 Å². The van der Waals surface area contributed by atoms with Gasteiger partial charge in [0.25, 0.3) is 0 Å². The molecule has 4 rings (SSSR count). The van der Waals surface area contributed by atoms with E-state index in [0.29, 0.717) is 36.5 Å².